The molecule has 1 radical (unpaired) electrons. The van der Waals surface area contributed by atoms with Gasteiger partial charge in [0.05, 0.1) is 0 Å². The molecule has 0 aliphatic heterocycles. The zero-order valence-electron chi connectivity index (χ0n) is 20.0. The maximum atomic E-state index is 3.76. The summed E-state index contributed by atoms with van der Waals surface area (Å²) < 4.78 is 0. The molecule has 0 heteroatoms. The quantitative estimate of drug-likeness (QED) is 0.388. The highest BCUT2D eigenvalue weighted by Crippen LogP contribution is 2.36. The lowest BCUT2D eigenvalue weighted by atomic mass is 9.86. The lowest BCUT2D eigenvalue weighted by Gasteiger charge is -2.19. The SMILES string of the molecule is CC(C)c1ccc(-c2[c]c(-c3ccc(C(C)C)cc3C(C)C)ccc2)c(C(C)C)c1. The molecule has 0 aliphatic carbocycles. The van der Waals surface area contributed by atoms with Crippen LogP contribution in [0.15, 0.2) is 54.6 Å². The smallest absolute Gasteiger partial charge is 0.00141 e. The lowest BCUT2D eigenvalue weighted by molar-refractivity contribution is 0.835. The molecule has 0 aromatic heterocycles. The van der Waals surface area contributed by atoms with E-state index in [-0.39, 0.29) is 0 Å². The van der Waals surface area contributed by atoms with Gasteiger partial charge in [0.2, 0.25) is 0 Å². The Hall–Kier alpha value is -2.34. The summed E-state index contributed by atoms with van der Waals surface area (Å²) in [5, 5.41) is 0. The number of benzene rings is 3. The van der Waals surface area contributed by atoms with Crippen LogP contribution < -0.4 is 0 Å². The molecule has 3 rings (SSSR count). The molecule has 0 bridgehead atoms. The summed E-state index contributed by atoms with van der Waals surface area (Å²) in [6.45, 7) is 18.2. The van der Waals surface area contributed by atoms with Crippen molar-refractivity contribution in [3.8, 4) is 22.3 Å². The van der Waals surface area contributed by atoms with Crippen molar-refractivity contribution in [3.05, 3.63) is 82.9 Å². The van der Waals surface area contributed by atoms with E-state index in [4.69, 9.17) is 0 Å². The Morgan fingerprint density at radius 3 is 1.23 bits per heavy atom. The van der Waals surface area contributed by atoms with Gasteiger partial charge in [0.15, 0.2) is 0 Å². The third-order valence-electron chi connectivity index (χ3n) is 6.10. The van der Waals surface area contributed by atoms with Crippen molar-refractivity contribution in [1.29, 1.82) is 0 Å². The van der Waals surface area contributed by atoms with E-state index in [9.17, 15) is 0 Å². The average molecular weight is 398 g/mol. The van der Waals surface area contributed by atoms with Crippen LogP contribution in [-0.2, 0) is 0 Å². The van der Waals surface area contributed by atoms with Gasteiger partial charge in [-0.1, -0.05) is 110 Å². The van der Waals surface area contributed by atoms with Crippen LogP contribution in [0.1, 0.15) is 101 Å². The number of hydrogen-bond donors (Lipinski definition) is 0. The normalized spacial score (nSPS) is 11.9. The summed E-state index contributed by atoms with van der Waals surface area (Å²) in [4.78, 5) is 0. The molecule has 0 saturated heterocycles. The molecule has 0 N–H and O–H groups in total. The van der Waals surface area contributed by atoms with Crippen molar-refractivity contribution in [3.63, 3.8) is 0 Å². The van der Waals surface area contributed by atoms with Crippen molar-refractivity contribution in [2.45, 2.75) is 79.1 Å². The van der Waals surface area contributed by atoms with Gasteiger partial charge in [-0.25, -0.2) is 0 Å². The maximum Gasteiger partial charge on any atom is -0.00141 e. The van der Waals surface area contributed by atoms with Gasteiger partial charge in [0.1, 0.15) is 0 Å². The molecule has 0 aliphatic rings. The lowest BCUT2D eigenvalue weighted by Crippen LogP contribution is -1.98. The Labute approximate surface area is 184 Å². The summed E-state index contributed by atoms with van der Waals surface area (Å²) >= 11 is 0. The van der Waals surface area contributed by atoms with Crippen molar-refractivity contribution < 1.29 is 0 Å². The zero-order valence-corrected chi connectivity index (χ0v) is 20.0. The van der Waals surface area contributed by atoms with Crippen LogP contribution in [0.4, 0.5) is 0 Å². The predicted molar refractivity (Wildman–Crippen MR) is 133 cm³/mol. The molecule has 0 unspecified atom stereocenters. The molecule has 0 nitrogen and oxygen atoms in total. The first kappa shape index (κ1) is 22.3. The highest BCUT2D eigenvalue weighted by Gasteiger charge is 2.15. The monoisotopic (exact) mass is 397 g/mol. The Morgan fingerprint density at radius 2 is 0.900 bits per heavy atom. The number of rotatable bonds is 6. The van der Waals surface area contributed by atoms with Gasteiger partial charge in [-0.15, -0.1) is 0 Å². The Balaban J connectivity index is 2.13. The Kier molecular flexibility index (Phi) is 6.86. The molecule has 30 heavy (non-hydrogen) atoms. The molecule has 3 aromatic carbocycles. The molecule has 3 aromatic rings. The molecule has 0 spiro atoms. The molecule has 0 amide bonds. The average Bonchev–Trinajstić information content (AvgIpc) is 2.72. The van der Waals surface area contributed by atoms with Crippen LogP contribution >= 0.6 is 0 Å². The van der Waals surface area contributed by atoms with Crippen LogP contribution in [0, 0.1) is 6.07 Å². The highest BCUT2D eigenvalue weighted by atomic mass is 14.2. The van der Waals surface area contributed by atoms with E-state index in [0.29, 0.717) is 23.7 Å². The Morgan fingerprint density at radius 1 is 0.500 bits per heavy atom. The van der Waals surface area contributed by atoms with Crippen LogP contribution in [0.3, 0.4) is 0 Å². The first-order valence-corrected chi connectivity index (χ1v) is 11.5. The van der Waals surface area contributed by atoms with Gasteiger partial charge in [0, 0.05) is 0 Å². The molecule has 0 saturated carbocycles. The van der Waals surface area contributed by atoms with E-state index in [1.54, 1.807) is 0 Å². The molecule has 0 heterocycles. The highest BCUT2D eigenvalue weighted by molar-refractivity contribution is 5.76. The summed E-state index contributed by atoms with van der Waals surface area (Å²) in [5.74, 6) is 2.04. The van der Waals surface area contributed by atoms with Crippen LogP contribution in [0.25, 0.3) is 22.3 Å². The number of hydrogen-bond acceptors (Lipinski definition) is 0. The first-order chi connectivity index (χ1) is 14.2. The van der Waals surface area contributed by atoms with Crippen molar-refractivity contribution in [2.75, 3.05) is 0 Å². The first-order valence-electron chi connectivity index (χ1n) is 11.5. The zero-order chi connectivity index (χ0) is 22.0. The van der Waals surface area contributed by atoms with Crippen LogP contribution in [0.5, 0.6) is 0 Å². The molecule has 0 atom stereocenters. The second-order valence-corrected chi connectivity index (χ2v) is 9.79. The third kappa shape index (κ3) is 4.69. The summed E-state index contributed by atoms with van der Waals surface area (Å²) in [5.41, 5.74) is 10.6. The standard InChI is InChI=1S/C30H37/c1-19(2)23-12-14-27(29(17-23)21(5)6)25-10-9-11-26(16-25)28-15-13-24(20(3)4)18-30(28)22(7)8/h9-15,17-22H,1-8H3. The largest absolute Gasteiger partial charge is 0.0610 e. The van der Waals surface area contributed by atoms with Crippen molar-refractivity contribution in [2.24, 2.45) is 0 Å². The second kappa shape index (κ2) is 9.21. The van der Waals surface area contributed by atoms with E-state index in [1.165, 1.54) is 44.5 Å². The fourth-order valence-electron chi connectivity index (χ4n) is 4.11. The third-order valence-corrected chi connectivity index (χ3v) is 6.10. The van der Waals surface area contributed by atoms with Crippen LogP contribution in [-0.4, -0.2) is 0 Å². The fraction of sp³-hybridized carbons (Fsp3) is 0.400. The minimum absolute atomic E-state index is 0.479. The molecule has 0 fully saturated rings. The van der Waals surface area contributed by atoms with E-state index in [1.807, 2.05) is 0 Å². The van der Waals surface area contributed by atoms with Gasteiger partial charge in [-0.2, -0.15) is 0 Å². The van der Waals surface area contributed by atoms with E-state index in [0.717, 1.165) is 0 Å². The van der Waals surface area contributed by atoms with E-state index in [2.05, 4.69) is 116 Å². The molecular formula is C30H37. The van der Waals surface area contributed by atoms with E-state index < -0.39 is 0 Å². The molecular weight excluding hydrogens is 360 g/mol. The van der Waals surface area contributed by atoms with Crippen LogP contribution in [0.2, 0.25) is 0 Å². The minimum Gasteiger partial charge on any atom is -0.0610 e. The summed E-state index contributed by atoms with van der Waals surface area (Å²) in [6, 6.07) is 24.3. The van der Waals surface area contributed by atoms with Crippen molar-refractivity contribution in [1.82, 2.24) is 0 Å². The van der Waals surface area contributed by atoms with Gasteiger partial charge >= 0.3 is 0 Å². The van der Waals surface area contributed by atoms with Crippen molar-refractivity contribution >= 4 is 0 Å². The summed E-state index contributed by atoms with van der Waals surface area (Å²) in [7, 11) is 0. The van der Waals surface area contributed by atoms with Gasteiger partial charge in [-0.05, 0) is 74.2 Å². The minimum atomic E-state index is 0.479. The van der Waals surface area contributed by atoms with E-state index >= 15 is 0 Å². The fourth-order valence-corrected chi connectivity index (χ4v) is 4.11. The van der Waals surface area contributed by atoms with Gasteiger partial charge in [0.25, 0.3) is 0 Å². The predicted octanol–water partition coefficient (Wildman–Crippen LogP) is 9.31. The maximum absolute atomic E-state index is 3.76. The van der Waals surface area contributed by atoms with Gasteiger partial charge < -0.3 is 0 Å². The second-order valence-electron chi connectivity index (χ2n) is 9.79. The topological polar surface area (TPSA) is 0 Å². The Bertz CT molecular complexity index is 924. The van der Waals surface area contributed by atoms with Gasteiger partial charge in [-0.3, -0.25) is 0 Å². The summed E-state index contributed by atoms with van der Waals surface area (Å²) in [6.07, 6.45) is 0. The molecule has 157 valence electrons.